The van der Waals surface area contributed by atoms with E-state index in [1.165, 1.54) is 30.4 Å². The number of rotatable bonds is 4. The largest absolute Gasteiger partial charge is 0.359 e. The van der Waals surface area contributed by atoms with Crippen LogP contribution in [0.15, 0.2) is 67.0 Å². The average molecular weight is 460 g/mol. The number of fused-ring (bicyclic) bond motifs is 1. The molecule has 0 amide bonds. The number of nitrogens with zero attached hydrogens (tertiary/aromatic N) is 2. The highest BCUT2D eigenvalue weighted by molar-refractivity contribution is 6.31. The maximum Gasteiger partial charge on any atom is 0.126 e. The molecule has 1 fully saturated rings. The van der Waals surface area contributed by atoms with Crippen molar-refractivity contribution < 1.29 is 0 Å². The third kappa shape index (κ3) is 6.55. The second-order valence-electron chi connectivity index (χ2n) is 8.20. The minimum atomic E-state index is -0.0836. The molecule has 1 saturated carbocycles. The zero-order chi connectivity index (χ0) is 23.8. The lowest BCUT2D eigenvalue weighted by molar-refractivity contribution is 0.914. The van der Waals surface area contributed by atoms with E-state index in [1.54, 1.807) is 0 Å². The summed E-state index contributed by atoms with van der Waals surface area (Å²) in [6, 6.07) is 18.4. The van der Waals surface area contributed by atoms with Crippen LogP contribution in [0, 0.1) is 20.8 Å². The highest BCUT2D eigenvalue weighted by Crippen LogP contribution is 2.32. The third-order valence-electron chi connectivity index (χ3n) is 5.60. The Kier molecular flexibility index (Phi) is 8.85. The highest BCUT2D eigenvalue weighted by Gasteiger charge is 2.19. The van der Waals surface area contributed by atoms with Crippen LogP contribution in [-0.2, 0) is 0 Å². The summed E-state index contributed by atoms with van der Waals surface area (Å²) in [5.41, 5.74) is 6.67. The van der Waals surface area contributed by atoms with Crippen molar-refractivity contribution in [3.05, 3.63) is 99.8 Å². The standard InChI is InChI=1S/C24H22ClN3.C3H6.C2H6/c1-15-12-23(27-14-16(15)2)28-24(20-7-4-8-21(25)17(20)3)19-10-9-18-6-5-11-26-22(18)13-19;1-2-3-1;1-2/h4-14,24H,1-3H3,(H,27,28);1-3H2;1-2H3. The van der Waals surface area contributed by atoms with Crippen LogP contribution in [0.5, 0.6) is 0 Å². The quantitative estimate of drug-likeness (QED) is 0.332. The lowest BCUT2D eigenvalue weighted by Gasteiger charge is -2.23. The van der Waals surface area contributed by atoms with Gasteiger partial charge in [0, 0.05) is 22.8 Å². The lowest BCUT2D eigenvalue weighted by atomic mass is 9.94. The minimum absolute atomic E-state index is 0.0836. The molecule has 1 aliphatic rings. The summed E-state index contributed by atoms with van der Waals surface area (Å²) < 4.78 is 0. The first-order chi connectivity index (χ1) is 16.0. The van der Waals surface area contributed by atoms with Crippen LogP contribution in [0.4, 0.5) is 5.82 Å². The number of aromatic nitrogens is 2. The van der Waals surface area contributed by atoms with Gasteiger partial charge in [0.2, 0.25) is 0 Å². The van der Waals surface area contributed by atoms with Crippen molar-refractivity contribution in [2.24, 2.45) is 0 Å². The average Bonchev–Trinajstić information content (AvgIpc) is 3.73. The van der Waals surface area contributed by atoms with E-state index in [9.17, 15) is 0 Å². The maximum atomic E-state index is 6.43. The topological polar surface area (TPSA) is 37.8 Å². The van der Waals surface area contributed by atoms with Gasteiger partial charge in [-0.25, -0.2) is 4.98 Å². The molecule has 2 aromatic carbocycles. The predicted octanol–water partition coefficient (Wildman–Crippen LogP) is 8.61. The fourth-order valence-electron chi connectivity index (χ4n) is 3.39. The van der Waals surface area contributed by atoms with E-state index in [4.69, 9.17) is 11.6 Å². The second-order valence-corrected chi connectivity index (χ2v) is 8.61. The van der Waals surface area contributed by atoms with Gasteiger partial charge in [0.25, 0.3) is 0 Å². The number of pyridine rings is 2. The summed E-state index contributed by atoms with van der Waals surface area (Å²) in [6.45, 7) is 10.2. The zero-order valence-corrected chi connectivity index (χ0v) is 21.1. The molecule has 0 radical (unpaired) electrons. The molecule has 2 aromatic heterocycles. The molecule has 5 rings (SSSR count). The molecule has 33 heavy (non-hydrogen) atoms. The van der Waals surface area contributed by atoms with Gasteiger partial charge in [0.05, 0.1) is 11.6 Å². The summed E-state index contributed by atoms with van der Waals surface area (Å²) in [7, 11) is 0. The van der Waals surface area contributed by atoms with Gasteiger partial charge in [-0.1, -0.05) is 75.0 Å². The Hall–Kier alpha value is -2.91. The third-order valence-corrected chi connectivity index (χ3v) is 6.01. The second kappa shape index (κ2) is 11.8. The Morgan fingerprint density at radius 3 is 2.30 bits per heavy atom. The molecular formula is C29H34ClN3. The van der Waals surface area contributed by atoms with Crippen LogP contribution in [0.3, 0.4) is 0 Å². The minimum Gasteiger partial charge on any atom is -0.359 e. The summed E-state index contributed by atoms with van der Waals surface area (Å²) >= 11 is 6.43. The van der Waals surface area contributed by atoms with Crippen molar-refractivity contribution in [2.75, 3.05) is 5.32 Å². The summed E-state index contributed by atoms with van der Waals surface area (Å²) in [5.74, 6) is 0.841. The monoisotopic (exact) mass is 459 g/mol. The Balaban J connectivity index is 0.000000554. The predicted molar refractivity (Wildman–Crippen MR) is 142 cm³/mol. The summed E-state index contributed by atoms with van der Waals surface area (Å²) in [4.78, 5) is 9.11. The number of hydrogen-bond donors (Lipinski definition) is 1. The molecule has 4 heteroatoms. The number of halogens is 1. The molecule has 2 heterocycles. The Labute approximate surface area is 203 Å². The number of hydrogen-bond acceptors (Lipinski definition) is 3. The summed E-state index contributed by atoms with van der Waals surface area (Å²) in [6.07, 6.45) is 8.23. The first-order valence-electron chi connectivity index (χ1n) is 11.8. The van der Waals surface area contributed by atoms with Crippen molar-refractivity contribution in [2.45, 2.75) is 59.9 Å². The van der Waals surface area contributed by atoms with Crippen molar-refractivity contribution >= 4 is 28.3 Å². The van der Waals surface area contributed by atoms with E-state index in [-0.39, 0.29) is 6.04 Å². The van der Waals surface area contributed by atoms with E-state index in [0.29, 0.717) is 0 Å². The van der Waals surface area contributed by atoms with Crippen LogP contribution in [-0.4, -0.2) is 9.97 Å². The van der Waals surface area contributed by atoms with Crippen molar-refractivity contribution in [1.82, 2.24) is 9.97 Å². The molecule has 4 aromatic rings. The molecule has 0 bridgehead atoms. The van der Waals surface area contributed by atoms with E-state index in [2.05, 4.69) is 72.5 Å². The Morgan fingerprint density at radius 2 is 1.61 bits per heavy atom. The van der Waals surface area contributed by atoms with Gasteiger partial charge in [-0.3, -0.25) is 4.98 Å². The number of anilines is 1. The van der Waals surface area contributed by atoms with Crippen molar-refractivity contribution in [1.29, 1.82) is 0 Å². The molecule has 172 valence electrons. The van der Waals surface area contributed by atoms with Gasteiger partial charge >= 0.3 is 0 Å². The maximum absolute atomic E-state index is 6.43. The molecule has 0 spiro atoms. The molecule has 0 aliphatic heterocycles. The van der Waals surface area contributed by atoms with Crippen LogP contribution < -0.4 is 5.32 Å². The van der Waals surface area contributed by atoms with Crippen LogP contribution in [0.25, 0.3) is 10.9 Å². The van der Waals surface area contributed by atoms with E-state index in [1.807, 2.05) is 44.4 Å². The fraction of sp³-hybridized carbons (Fsp3) is 0.310. The molecule has 1 N–H and O–H groups in total. The first-order valence-corrected chi connectivity index (χ1v) is 12.2. The molecule has 1 atom stereocenters. The molecular weight excluding hydrogens is 426 g/mol. The smallest absolute Gasteiger partial charge is 0.126 e. The number of nitrogens with one attached hydrogen (secondary N) is 1. The van der Waals surface area contributed by atoms with Gasteiger partial charge in [-0.15, -0.1) is 0 Å². The molecule has 0 saturated heterocycles. The van der Waals surface area contributed by atoms with E-state index >= 15 is 0 Å². The van der Waals surface area contributed by atoms with Crippen molar-refractivity contribution in [3.63, 3.8) is 0 Å². The van der Waals surface area contributed by atoms with Gasteiger partial charge in [-0.2, -0.15) is 0 Å². The lowest BCUT2D eigenvalue weighted by Crippen LogP contribution is -2.15. The number of aryl methyl sites for hydroxylation is 2. The highest BCUT2D eigenvalue weighted by atomic mass is 35.5. The van der Waals surface area contributed by atoms with Gasteiger partial charge in [-0.05, 0) is 72.9 Å². The summed E-state index contributed by atoms with van der Waals surface area (Å²) in [5, 5.41) is 5.50. The normalized spacial score (nSPS) is 12.7. The van der Waals surface area contributed by atoms with Crippen LogP contribution in [0.1, 0.15) is 67.0 Å². The SMILES string of the molecule is C1CC1.CC.Cc1cnc(NC(c2ccc3cccnc3c2)c2cccc(Cl)c2C)cc1C. The number of benzene rings is 2. The molecule has 1 aliphatic carbocycles. The van der Waals surface area contributed by atoms with Crippen LogP contribution in [0.2, 0.25) is 5.02 Å². The first kappa shape index (κ1) is 24.7. The van der Waals surface area contributed by atoms with E-state index < -0.39 is 0 Å². The zero-order valence-electron chi connectivity index (χ0n) is 20.3. The van der Waals surface area contributed by atoms with Crippen molar-refractivity contribution in [3.8, 4) is 0 Å². The molecule has 1 unspecified atom stereocenters. The van der Waals surface area contributed by atoms with Gasteiger partial charge < -0.3 is 5.32 Å². The van der Waals surface area contributed by atoms with E-state index in [0.717, 1.165) is 38.4 Å². The Morgan fingerprint density at radius 1 is 0.848 bits per heavy atom. The van der Waals surface area contributed by atoms with Gasteiger partial charge in [0.15, 0.2) is 0 Å². The molecule has 3 nitrogen and oxygen atoms in total. The van der Waals surface area contributed by atoms with Crippen LogP contribution >= 0.6 is 11.6 Å². The van der Waals surface area contributed by atoms with Gasteiger partial charge in [0.1, 0.15) is 5.82 Å². The Bertz CT molecular complexity index is 1200. The fourth-order valence-corrected chi connectivity index (χ4v) is 3.57.